The van der Waals surface area contributed by atoms with E-state index >= 15 is 0 Å². The molecule has 0 unspecified atom stereocenters. The molecule has 2 amide bonds. The van der Waals surface area contributed by atoms with Crippen LogP contribution in [0.2, 0.25) is 0 Å². The van der Waals surface area contributed by atoms with Gasteiger partial charge in [0.1, 0.15) is 0 Å². The molecule has 2 aromatic rings. The van der Waals surface area contributed by atoms with Crippen LogP contribution in [0.1, 0.15) is 21.5 Å². The second-order valence-electron chi connectivity index (χ2n) is 4.55. The van der Waals surface area contributed by atoms with E-state index in [0.29, 0.717) is 5.56 Å². The van der Waals surface area contributed by atoms with E-state index in [2.05, 4.69) is 10.9 Å². The average Bonchev–Trinajstić information content (AvgIpc) is 2.53. The number of hydrogen-bond donors (Lipinski definition) is 2. The van der Waals surface area contributed by atoms with E-state index in [0.717, 1.165) is 11.1 Å². The minimum absolute atomic E-state index is 0.354. The van der Waals surface area contributed by atoms with E-state index in [1.807, 2.05) is 37.3 Å². The molecule has 106 valence electrons. The highest BCUT2D eigenvalue weighted by Crippen LogP contribution is 2.04. The molecule has 2 N–H and O–H groups in total. The highest BCUT2D eigenvalue weighted by molar-refractivity contribution is 5.97. The summed E-state index contributed by atoms with van der Waals surface area (Å²) in [4.78, 5) is 23.3. The van der Waals surface area contributed by atoms with Crippen LogP contribution in [0, 0.1) is 6.92 Å². The number of hydrogen-bond acceptors (Lipinski definition) is 2. The number of carbonyl (C=O) groups excluding carboxylic acids is 2. The van der Waals surface area contributed by atoms with Crippen LogP contribution in [0.5, 0.6) is 0 Å². The quantitative estimate of drug-likeness (QED) is 0.670. The number of carbonyl (C=O) groups is 2. The van der Waals surface area contributed by atoms with Crippen molar-refractivity contribution in [3.05, 3.63) is 77.4 Å². The van der Waals surface area contributed by atoms with Gasteiger partial charge in [0.25, 0.3) is 11.8 Å². The van der Waals surface area contributed by atoms with E-state index in [4.69, 9.17) is 0 Å². The predicted octanol–water partition coefficient (Wildman–Crippen LogP) is 2.47. The lowest BCUT2D eigenvalue weighted by Gasteiger charge is -2.04. The fraction of sp³-hybridized carbons (Fsp3) is 0.0588. The third-order valence-corrected chi connectivity index (χ3v) is 2.84. The summed E-state index contributed by atoms with van der Waals surface area (Å²) in [5.41, 5.74) is 7.26. The molecular weight excluding hydrogens is 264 g/mol. The highest BCUT2D eigenvalue weighted by atomic mass is 16.2. The van der Waals surface area contributed by atoms with Crippen LogP contribution in [-0.4, -0.2) is 11.8 Å². The molecular formula is C17H16N2O2. The monoisotopic (exact) mass is 280 g/mol. The molecule has 0 saturated carbocycles. The minimum Gasteiger partial charge on any atom is -0.268 e. The maximum absolute atomic E-state index is 11.7. The predicted molar refractivity (Wildman–Crippen MR) is 82.3 cm³/mol. The summed E-state index contributed by atoms with van der Waals surface area (Å²) >= 11 is 0. The topological polar surface area (TPSA) is 58.2 Å². The zero-order chi connectivity index (χ0) is 15.1. The van der Waals surface area contributed by atoms with Crippen molar-refractivity contribution in [1.82, 2.24) is 10.9 Å². The Kier molecular flexibility index (Phi) is 4.88. The Bertz CT molecular complexity index is 646. The van der Waals surface area contributed by atoms with E-state index < -0.39 is 0 Å². The number of amides is 2. The molecule has 2 aromatic carbocycles. The van der Waals surface area contributed by atoms with Gasteiger partial charge in [-0.3, -0.25) is 20.4 Å². The third kappa shape index (κ3) is 4.62. The molecule has 0 radical (unpaired) electrons. The Morgan fingerprint density at radius 2 is 1.57 bits per heavy atom. The molecule has 0 aromatic heterocycles. The lowest BCUT2D eigenvalue weighted by molar-refractivity contribution is -0.117. The molecule has 4 nitrogen and oxygen atoms in total. The normalized spacial score (nSPS) is 10.3. The van der Waals surface area contributed by atoms with Crippen LogP contribution < -0.4 is 10.9 Å². The van der Waals surface area contributed by atoms with Gasteiger partial charge in [-0.25, -0.2) is 0 Å². The fourth-order valence-corrected chi connectivity index (χ4v) is 1.67. The van der Waals surface area contributed by atoms with Crippen molar-refractivity contribution in [2.24, 2.45) is 0 Å². The first-order chi connectivity index (χ1) is 10.1. The van der Waals surface area contributed by atoms with Crippen molar-refractivity contribution in [2.75, 3.05) is 0 Å². The summed E-state index contributed by atoms with van der Waals surface area (Å²) in [6.45, 7) is 2.00. The molecule has 0 aliphatic rings. The van der Waals surface area contributed by atoms with Crippen molar-refractivity contribution in [2.45, 2.75) is 6.92 Å². The van der Waals surface area contributed by atoms with Gasteiger partial charge < -0.3 is 0 Å². The van der Waals surface area contributed by atoms with Crippen LogP contribution in [0.15, 0.2) is 60.7 Å². The van der Waals surface area contributed by atoms with Crippen LogP contribution >= 0.6 is 0 Å². The van der Waals surface area contributed by atoms with Crippen molar-refractivity contribution in [3.63, 3.8) is 0 Å². The molecule has 0 aliphatic carbocycles. The Morgan fingerprint density at radius 1 is 0.905 bits per heavy atom. The van der Waals surface area contributed by atoms with Crippen molar-refractivity contribution in [1.29, 1.82) is 0 Å². The number of benzene rings is 2. The van der Waals surface area contributed by atoms with E-state index in [-0.39, 0.29) is 11.8 Å². The van der Waals surface area contributed by atoms with Crippen molar-refractivity contribution >= 4 is 17.9 Å². The molecule has 0 heterocycles. The van der Waals surface area contributed by atoms with Gasteiger partial charge in [-0.15, -0.1) is 0 Å². The molecule has 2 rings (SSSR count). The second-order valence-corrected chi connectivity index (χ2v) is 4.55. The number of rotatable bonds is 3. The Morgan fingerprint density at radius 3 is 2.24 bits per heavy atom. The lowest BCUT2D eigenvalue weighted by atomic mass is 10.1. The van der Waals surface area contributed by atoms with Crippen molar-refractivity contribution in [3.8, 4) is 0 Å². The molecule has 21 heavy (non-hydrogen) atoms. The summed E-state index contributed by atoms with van der Waals surface area (Å²) in [6, 6.07) is 16.4. The van der Waals surface area contributed by atoms with Gasteiger partial charge >= 0.3 is 0 Å². The maximum Gasteiger partial charge on any atom is 0.269 e. The number of nitrogens with one attached hydrogen (secondary N) is 2. The first-order valence-corrected chi connectivity index (χ1v) is 6.55. The van der Waals surface area contributed by atoms with Crippen LogP contribution in [-0.2, 0) is 4.79 Å². The average molecular weight is 280 g/mol. The minimum atomic E-state index is -0.389. The summed E-state index contributed by atoms with van der Waals surface area (Å²) in [5, 5.41) is 0. The first kappa shape index (κ1) is 14.5. The van der Waals surface area contributed by atoms with E-state index in [1.54, 1.807) is 30.3 Å². The van der Waals surface area contributed by atoms with Crippen LogP contribution in [0.4, 0.5) is 0 Å². The fourth-order valence-electron chi connectivity index (χ4n) is 1.67. The Balaban J connectivity index is 1.85. The standard InChI is InChI=1S/C17H16N2O2/c1-13-7-9-14(10-8-13)11-12-16(20)18-19-17(21)15-5-3-2-4-6-15/h2-12H,1H3,(H,18,20)(H,19,21)/b12-11+. The summed E-state index contributed by atoms with van der Waals surface area (Å²) in [6.07, 6.45) is 3.05. The molecule has 4 heteroatoms. The molecule has 0 saturated heterocycles. The first-order valence-electron chi connectivity index (χ1n) is 6.55. The Labute approximate surface area is 123 Å². The molecule has 0 spiro atoms. The zero-order valence-corrected chi connectivity index (χ0v) is 11.7. The van der Waals surface area contributed by atoms with Gasteiger partial charge in [-0.1, -0.05) is 48.0 Å². The van der Waals surface area contributed by atoms with Crippen LogP contribution in [0.3, 0.4) is 0 Å². The Hall–Kier alpha value is -2.88. The van der Waals surface area contributed by atoms with Gasteiger partial charge in [-0.05, 0) is 30.7 Å². The highest BCUT2D eigenvalue weighted by Gasteiger charge is 2.04. The zero-order valence-electron chi connectivity index (χ0n) is 11.7. The van der Waals surface area contributed by atoms with Gasteiger partial charge in [-0.2, -0.15) is 0 Å². The third-order valence-electron chi connectivity index (χ3n) is 2.84. The van der Waals surface area contributed by atoms with Gasteiger partial charge in [0.2, 0.25) is 0 Å². The summed E-state index contributed by atoms with van der Waals surface area (Å²) < 4.78 is 0. The summed E-state index contributed by atoms with van der Waals surface area (Å²) in [5.74, 6) is -0.743. The lowest BCUT2D eigenvalue weighted by Crippen LogP contribution is -2.40. The summed E-state index contributed by atoms with van der Waals surface area (Å²) in [7, 11) is 0. The molecule has 0 bridgehead atoms. The van der Waals surface area contributed by atoms with E-state index in [1.165, 1.54) is 6.08 Å². The smallest absolute Gasteiger partial charge is 0.268 e. The van der Waals surface area contributed by atoms with Gasteiger partial charge in [0, 0.05) is 11.6 Å². The molecule has 0 aliphatic heterocycles. The van der Waals surface area contributed by atoms with Crippen LogP contribution in [0.25, 0.3) is 6.08 Å². The van der Waals surface area contributed by atoms with E-state index in [9.17, 15) is 9.59 Å². The largest absolute Gasteiger partial charge is 0.269 e. The van der Waals surface area contributed by atoms with Gasteiger partial charge in [0.05, 0.1) is 0 Å². The number of hydrazine groups is 1. The SMILES string of the molecule is Cc1ccc(/C=C/C(=O)NNC(=O)c2ccccc2)cc1. The maximum atomic E-state index is 11.7. The molecule has 0 fully saturated rings. The van der Waals surface area contributed by atoms with Crippen molar-refractivity contribution < 1.29 is 9.59 Å². The second kappa shape index (κ2) is 7.05. The number of aryl methyl sites for hydroxylation is 1. The van der Waals surface area contributed by atoms with Gasteiger partial charge in [0.15, 0.2) is 0 Å². The molecule has 0 atom stereocenters.